The van der Waals surface area contributed by atoms with Crippen molar-refractivity contribution in [3.63, 3.8) is 0 Å². The minimum atomic E-state index is 0.242. The van der Waals surface area contributed by atoms with Crippen LogP contribution in [-0.4, -0.2) is 26.7 Å². The molecule has 3 rings (SSSR count). The van der Waals surface area contributed by atoms with Crippen LogP contribution in [0.1, 0.15) is 25.7 Å². The third-order valence-corrected chi connectivity index (χ3v) is 3.41. The maximum atomic E-state index is 6.11. The zero-order valence-corrected chi connectivity index (χ0v) is 9.71. The predicted octanol–water partition coefficient (Wildman–Crippen LogP) is 1.41. The van der Waals surface area contributed by atoms with Crippen LogP contribution in [0.25, 0.3) is 5.65 Å². The molecular weight excluding hydrogens is 214 g/mol. The highest BCUT2D eigenvalue weighted by atomic mass is 15.2. The standard InChI is InChI=1S/C12H17N5/c13-9-3-1-2-4-10(9)15-11-6-8-17-12(16-11)5-7-14-17/h5-10H,1-4,13H2,(H,15,16)/t9-,10-/m1/s1. The van der Waals surface area contributed by atoms with Crippen LogP contribution in [0.4, 0.5) is 5.82 Å². The summed E-state index contributed by atoms with van der Waals surface area (Å²) >= 11 is 0. The van der Waals surface area contributed by atoms with Crippen LogP contribution >= 0.6 is 0 Å². The summed E-state index contributed by atoms with van der Waals surface area (Å²) < 4.78 is 1.76. The Morgan fingerprint density at radius 1 is 1.29 bits per heavy atom. The molecule has 0 amide bonds. The lowest BCUT2D eigenvalue weighted by atomic mass is 9.91. The van der Waals surface area contributed by atoms with Crippen molar-refractivity contribution in [2.24, 2.45) is 5.73 Å². The molecule has 1 saturated carbocycles. The Balaban J connectivity index is 1.79. The van der Waals surface area contributed by atoms with Crippen LogP contribution < -0.4 is 11.1 Å². The molecule has 1 aliphatic carbocycles. The number of nitrogens with one attached hydrogen (secondary N) is 1. The van der Waals surface area contributed by atoms with Gasteiger partial charge in [0.1, 0.15) is 5.82 Å². The molecule has 3 N–H and O–H groups in total. The molecule has 1 aliphatic rings. The van der Waals surface area contributed by atoms with Gasteiger partial charge < -0.3 is 11.1 Å². The van der Waals surface area contributed by atoms with Crippen molar-refractivity contribution in [3.8, 4) is 0 Å². The van der Waals surface area contributed by atoms with Crippen LogP contribution in [0.5, 0.6) is 0 Å². The normalized spacial score (nSPS) is 25.0. The van der Waals surface area contributed by atoms with Crippen molar-refractivity contribution < 1.29 is 0 Å². The van der Waals surface area contributed by atoms with Crippen molar-refractivity contribution >= 4 is 11.5 Å². The zero-order valence-electron chi connectivity index (χ0n) is 9.71. The first kappa shape index (κ1) is 10.5. The van der Waals surface area contributed by atoms with E-state index in [2.05, 4.69) is 15.4 Å². The first-order chi connectivity index (χ1) is 8.33. The molecule has 0 unspecified atom stereocenters. The van der Waals surface area contributed by atoms with E-state index in [-0.39, 0.29) is 6.04 Å². The quantitative estimate of drug-likeness (QED) is 0.820. The molecule has 2 aromatic rings. The lowest BCUT2D eigenvalue weighted by Crippen LogP contribution is -2.42. The highest BCUT2D eigenvalue weighted by molar-refractivity contribution is 5.46. The van der Waals surface area contributed by atoms with Gasteiger partial charge in [-0.2, -0.15) is 5.10 Å². The van der Waals surface area contributed by atoms with E-state index in [0.717, 1.165) is 24.3 Å². The van der Waals surface area contributed by atoms with Gasteiger partial charge in [-0.3, -0.25) is 0 Å². The fourth-order valence-electron chi connectivity index (χ4n) is 2.42. The smallest absolute Gasteiger partial charge is 0.157 e. The van der Waals surface area contributed by atoms with Crippen molar-refractivity contribution in [1.82, 2.24) is 14.6 Å². The second-order valence-corrected chi connectivity index (χ2v) is 4.65. The van der Waals surface area contributed by atoms with Gasteiger partial charge in [0.15, 0.2) is 5.65 Å². The molecular formula is C12H17N5. The van der Waals surface area contributed by atoms with Gasteiger partial charge in [0.2, 0.25) is 0 Å². The molecule has 0 radical (unpaired) electrons. The SMILES string of the molecule is N[C@@H]1CCCC[C@H]1Nc1ccn2nccc2n1. The van der Waals surface area contributed by atoms with Crippen LogP contribution in [0, 0.1) is 0 Å². The Hall–Kier alpha value is -1.62. The van der Waals surface area contributed by atoms with Gasteiger partial charge in [0.25, 0.3) is 0 Å². The Morgan fingerprint density at radius 3 is 3.06 bits per heavy atom. The van der Waals surface area contributed by atoms with Crippen LogP contribution in [0.15, 0.2) is 24.5 Å². The van der Waals surface area contributed by atoms with E-state index in [4.69, 9.17) is 5.73 Å². The average Bonchev–Trinajstić information content (AvgIpc) is 2.79. The molecule has 2 aromatic heterocycles. The maximum absolute atomic E-state index is 6.11. The van der Waals surface area contributed by atoms with Crippen molar-refractivity contribution in [3.05, 3.63) is 24.5 Å². The van der Waals surface area contributed by atoms with E-state index in [1.165, 1.54) is 12.8 Å². The minimum Gasteiger partial charge on any atom is -0.366 e. The summed E-state index contributed by atoms with van der Waals surface area (Å²) in [6.07, 6.45) is 8.39. The third-order valence-electron chi connectivity index (χ3n) is 3.41. The highest BCUT2D eigenvalue weighted by Gasteiger charge is 2.21. The second kappa shape index (κ2) is 4.33. The summed E-state index contributed by atoms with van der Waals surface area (Å²) in [4.78, 5) is 4.50. The summed E-state index contributed by atoms with van der Waals surface area (Å²) in [6.45, 7) is 0. The molecule has 0 aromatic carbocycles. The number of rotatable bonds is 2. The number of nitrogens with two attached hydrogens (primary N) is 1. The van der Waals surface area contributed by atoms with Gasteiger partial charge in [-0.25, -0.2) is 9.50 Å². The van der Waals surface area contributed by atoms with Crippen LogP contribution in [0.2, 0.25) is 0 Å². The number of aromatic nitrogens is 3. The van der Waals surface area contributed by atoms with Crippen molar-refractivity contribution in [2.75, 3.05) is 5.32 Å². The molecule has 2 atom stereocenters. The minimum absolute atomic E-state index is 0.242. The number of hydrogen-bond acceptors (Lipinski definition) is 4. The lowest BCUT2D eigenvalue weighted by Gasteiger charge is -2.29. The number of anilines is 1. The van der Waals surface area contributed by atoms with E-state index in [9.17, 15) is 0 Å². The Morgan fingerprint density at radius 2 is 2.18 bits per heavy atom. The van der Waals surface area contributed by atoms with Crippen LogP contribution in [-0.2, 0) is 0 Å². The third kappa shape index (κ3) is 2.10. The highest BCUT2D eigenvalue weighted by Crippen LogP contribution is 2.20. The monoisotopic (exact) mass is 231 g/mol. The molecule has 0 aliphatic heterocycles. The fraction of sp³-hybridized carbons (Fsp3) is 0.500. The van der Waals surface area contributed by atoms with E-state index in [1.54, 1.807) is 10.7 Å². The number of fused-ring (bicyclic) bond motifs is 1. The maximum Gasteiger partial charge on any atom is 0.157 e. The van der Waals surface area contributed by atoms with E-state index < -0.39 is 0 Å². The average molecular weight is 231 g/mol. The van der Waals surface area contributed by atoms with Gasteiger partial charge in [0.05, 0.1) is 6.20 Å². The molecule has 0 saturated heterocycles. The fourth-order valence-corrected chi connectivity index (χ4v) is 2.42. The Bertz CT molecular complexity index is 506. The molecule has 90 valence electrons. The number of hydrogen-bond donors (Lipinski definition) is 2. The predicted molar refractivity (Wildman–Crippen MR) is 66.8 cm³/mol. The van der Waals surface area contributed by atoms with Gasteiger partial charge in [-0.05, 0) is 18.9 Å². The molecule has 2 heterocycles. The first-order valence-electron chi connectivity index (χ1n) is 6.15. The largest absolute Gasteiger partial charge is 0.366 e. The molecule has 5 nitrogen and oxygen atoms in total. The summed E-state index contributed by atoms with van der Waals surface area (Å²) in [6, 6.07) is 4.43. The molecule has 0 bridgehead atoms. The summed E-state index contributed by atoms with van der Waals surface area (Å²) in [5.41, 5.74) is 6.97. The summed E-state index contributed by atoms with van der Waals surface area (Å²) in [5, 5.41) is 7.56. The molecule has 1 fully saturated rings. The Kier molecular flexibility index (Phi) is 2.68. The first-order valence-corrected chi connectivity index (χ1v) is 6.15. The molecule has 5 heteroatoms. The Labute approximate surface area is 100 Å². The van der Waals surface area contributed by atoms with Crippen LogP contribution in [0.3, 0.4) is 0 Å². The second-order valence-electron chi connectivity index (χ2n) is 4.65. The van der Waals surface area contributed by atoms with Gasteiger partial charge in [0, 0.05) is 24.3 Å². The molecule has 0 spiro atoms. The molecule has 17 heavy (non-hydrogen) atoms. The van der Waals surface area contributed by atoms with E-state index in [0.29, 0.717) is 6.04 Å². The van der Waals surface area contributed by atoms with Gasteiger partial charge in [-0.15, -0.1) is 0 Å². The summed E-state index contributed by atoms with van der Waals surface area (Å²) in [7, 11) is 0. The zero-order chi connectivity index (χ0) is 11.7. The number of nitrogens with zero attached hydrogens (tertiary/aromatic N) is 3. The topological polar surface area (TPSA) is 68.2 Å². The van der Waals surface area contributed by atoms with Crippen molar-refractivity contribution in [1.29, 1.82) is 0 Å². The van der Waals surface area contributed by atoms with Gasteiger partial charge in [-0.1, -0.05) is 12.8 Å². The van der Waals surface area contributed by atoms with Crippen molar-refractivity contribution in [2.45, 2.75) is 37.8 Å². The van der Waals surface area contributed by atoms with E-state index >= 15 is 0 Å². The summed E-state index contributed by atoms with van der Waals surface area (Å²) in [5.74, 6) is 0.889. The van der Waals surface area contributed by atoms with Gasteiger partial charge >= 0.3 is 0 Å². The van der Waals surface area contributed by atoms with E-state index in [1.807, 2.05) is 18.3 Å². The lowest BCUT2D eigenvalue weighted by molar-refractivity contribution is 0.403.